The first kappa shape index (κ1) is 18.7. The van der Waals surface area contributed by atoms with Gasteiger partial charge in [-0.1, -0.05) is 23.7 Å². The maximum absolute atomic E-state index is 12.9. The van der Waals surface area contributed by atoms with Crippen LogP contribution in [0.5, 0.6) is 5.75 Å². The molecule has 1 aliphatic rings. The molecule has 138 valence electrons. The summed E-state index contributed by atoms with van der Waals surface area (Å²) in [7, 11) is 1.57. The topological polar surface area (TPSA) is 62.7 Å². The summed E-state index contributed by atoms with van der Waals surface area (Å²) < 4.78 is 5.34. The van der Waals surface area contributed by atoms with E-state index in [9.17, 15) is 9.90 Å². The van der Waals surface area contributed by atoms with Crippen molar-refractivity contribution >= 4 is 17.5 Å². The zero-order valence-corrected chi connectivity index (χ0v) is 15.5. The monoisotopic (exact) mass is 374 g/mol. The Morgan fingerprint density at radius 2 is 2.12 bits per heavy atom. The molecule has 2 heterocycles. The first-order valence-electron chi connectivity index (χ1n) is 8.80. The van der Waals surface area contributed by atoms with Crippen LogP contribution in [0.15, 0.2) is 42.7 Å². The van der Waals surface area contributed by atoms with Crippen LogP contribution in [-0.2, 0) is 11.2 Å². The summed E-state index contributed by atoms with van der Waals surface area (Å²) in [6.07, 6.45) is 5.39. The van der Waals surface area contributed by atoms with E-state index in [1.54, 1.807) is 42.6 Å². The van der Waals surface area contributed by atoms with Crippen molar-refractivity contribution in [3.05, 3.63) is 58.9 Å². The average molecular weight is 375 g/mol. The second kappa shape index (κ2) is 8.52. The van der Waals surface area contributed by atoms with E-state index < -0.39 is 6.10 Å². The van der Waals surface area contributed by atoms with Crippen molar-refractivity contribution in [3.8, 4) is 5.75 Å². The maximum atomic E-state index is 12.9. The van der Waals surface area contributed by atoms with Crippen molar-refractivity contribution in [1.29, 1.82) is 0 Å². The molecule has 2 aromatic rings. The number of amides is 1. The third kappa shape index (κ3) is 4.17. The zero-order chi connectivity index (χ0) is 18.5. The van der Waals surface area contributed by atoms with Crippen molar-refractivity contribution in [3.63, 3.8) is 0 Å². The van der Waals surface area contributed by atoms with Crippen molar-refractivity contribution in [1.82, 2.24) is 9.88 Å². The summed E-state index contributed by atoms with van der Waals surface area (Å²) in [5.74, 6) is 0.599. The molecule has 1 aromatic heterocycles. The van der Waals surface area contributed by atoms with Crippen LogP contribution in [0, 0.1) is 0 Å². The number of nitrogens with zero attached hydrogens (tertiary/aromatic N) is 2. The van der Waals surface area contributed by atoms with Gasteiger partial charge < -0.3 is 14.7 Å². The van der Waals surface area contributed by atoms with Gasteiger partial charge in [-0.25, -0.2) is 0 Å². The van der Waals surface area contributed by atoms with E-state index in [-0.39, 0.29) is 11.9 Å². The first-order valence-corrected chi connectivity index (χ1v) is 9.18. The molecule has 1 saturated heterocycles. The van der Waals surface area contributed by atoms with Gasteiger partial charge in [0, 0.05) is 29.5 Å². The molecule has 1 aromatic carbocycles. The molecule has 3 rings (SSSR count). The van der Waals surface area contributed by atoms with Crippen LogP contribution in [0.1, 0.15) is 36.5 Å². The van der Waals surface area contributed by atoms with E-state index in [1.165, 1.54) is 0 Å². The molecule has 0 bridgehead atoms. The van der Waals surface area contributed by atoms with E-state index in [0.717, 1.165) is 24.8 Å². The van der Waals surface area contributed by atoms with Crippen LogP contribution in [0.2, 0.25) is 5.02 Å². The number of methoxy groups -OCH3 is 1. The van der Waals surface area contributed by atoms with Crippen molar-refractivity contribution in [2.75, 3.05) is 13.7 Å². The average Bonchev–Trinajstić information content (AvgIpc) is 2.69. The van der Waals surface area contributed by atoms with Gasteiger partial charge in [-0.2, -0.15) is 0 Å². The van der Waals surface area contributed by atoms with Crippen LogP contribution in [0.4, 0.5) is 0 Å². The lowest BCUT2D eigenvalue weighted by molar-refractivity contribution is -0.137. The van der Waals surface area contributed by atoms with Gasteiger partial charge in [0.15, 0.2) is 0 Å². The number of aromatic nitrogens is 1. The molecule has 5 nitrogen and oxygen atoms in total. The molecule has 0 saturated carbocycles. The van der Waals surface area contributed by atoms with Crippen molar-refractivity contribution in [2.45, 2.75) is 37.8 Å². The van der Waals surface area contributed by atoms with Gasteiger partial charge >= 0.3 is 0 Å². The number of benzene rings is 1. The number of piperidine rings is 1. The summed E-state index contributed by atoms with van der Waals surface area (Å²) in [6.45, 7) is 0.650. The fraction of sp³-hybridized carbons (Fsp3) is 0.400. The number of halogens is 1. The Morgan fingerprint density at radius 3 is 2.85 bits per heavy atom. The molecule has 1 fully saturated rings. The van der Waals surface area contributed by atoms with Crippen LogP contribution in [0.25, 0.3) is 0 Å². The summed E-state index contributed by atoms with van der Waals surface area (Å²) in [5.41, 5.74) is 1.53. The zero-order valence-electron chi connectivity index (χ0n) is 14.8. The molecule has 0 radical (unpaired) electrons. The lowest BCUT2D eigenvalue weighted by Crippen LogP contribution is -2.47. The number of aliphatic hydroxyl groups excluding tert-OH is 1. The van der Waals surface area contributed by atoms with E-state index in [1.807, 2.05) is 12.1 Å². The molecule has 1 aliphatic heterocycles. The number of likely N-dealkylation sites (tertiary alicyclic amines) is 1. The highest BCUT2D eigenvalue weighted by molar-refractivity contribution is 6.30. The highest BCUT2D eigenvalue weighted by Gasteiger charge is 2.34. The Hall–Kier alpha value is -2.11. The number of aliphatic hydroxyl groups is 1. The number of hydrogen-bond acceptors (Lipinski definition) is 4. The van der Waals surface area contributed by atoms with E-state index in [0.29, 0.717) is 29.3 Å². The van der Waals surface area contributed by atoms with Gasteiger partial charge in [-0.15, -0.1) is 0 Å². The Bertz CT molecular complexity index is 751. The minimum Gasteiger partial charge on any atom is -0.496 e. The number of pyridine rings is 1. The highest BCUT2D eigenvalue weighted by atomic mass is 35.5. The Labute approximate surface area is 158 Å². The lowest BCUT2D eigenvalue weighted by Gasteiger charge is -2.39. The Morgan fingerprint density at radius 1 is 1.35 bits per heavy atom. The Kier molecular flexibility index (Phi) is 6.12. The number of hydrogen-bond donors (Lipinski definition) is 1. The van der Waals surface area contributed by atoms with E-state index in [4.69, 9.17) is 16.3 Å². The van der Waals surface area contributed by atoms with Gasteiger partial charge in [0.1, 0.15) is 11.9 Å². The van der Waals surface area contributed by atoms with Gasteiger partial charge in [0.05, 0.1) is 19.6 Å². The number of carbonyl (C=O) groups is 1. The minimum absolute atomic E-state index is 0.0129. The SMILES string of the molecule is COc1ccncc1C(O)C1CCCCN1C(=O)Cc1ccc(Cl)cc1. The standard InChI is InChI=1S/C20H23ClN2O3/c1-26-18-9-10-22-13-16(18)20(25)17-4-2-3-11-23(17)19(24)12-14-5-7-15(21)8-6-14/h5-10,13,17,20,25H,2-4,11-12H2,1H3. The third-order valence-corrected chi connectivity index (χ3v) is 5.10. The summed E-state index contributed by atoms with van der Waals surface area (Å²) >= 11 is 5.91. The quantitative estimate of drug-likeness (QED) is 0.871. The molecule has 1 amide bonds. The molecule has 0 aliphatic carbocycles. The molecule has 2 unspecified atom stereocenters. The predicted octanol–water partition coefficient (Wildman–Crippen LogP) is 3.40. The summed E-state index contributed by atoms with van der Waals surface area (Å²) in [6, 6.07) is 8.74. The summed E-state index contributed by atoms with van der Waals surface area (Å²) in [4.78, 5) is 18.8. The lowest BCUT2D eigenvalue weighted by atomic mass is 9.92. The fourth-order valence-corrected chi connectivity index (χ4v) is 3.61. The van der Waals surface area contributed by atoms with Crippen LogP contribution in [0.3, 0.4) is 0 Å². The van der Waals surface area contributed by atoms with Crippen LogP contribution < -0.4 is 4.74 Å². The van der Waals surface area contributed by atoms with Crippen LogP contribution >= 0.6 is 11.6 Å². The molecule has 1 N–H and O–H groups in total. The second-order valence-corrected chi connectivity index (χ2v) is 6.95. The minimum atomic E-state index is -0.826. The molecule has 0 spiro atoms. The van der Waals surface area contributed by atoms with Gasteiger partial charge in [-0.3, -0.25) is 9.78 Å². The second-order valence-electron chi connectivity index (χ2n) is 6.52. The van der Waals surface area contributed by atoms with Gasteiger partial charge in [-0.05, 0) is 43.0 Å². The third-order valence-electron chi connectivity index (χ3n) is 4.85. The predicted molar refractivity (Wildman–Crippen MR) is 100 cm³/mol. The smallest absolute Gasteiger partial charge is 0.227 e. The summed E-state index contributed by atoms with van der Waals surface area (Å²) in [5, 5.41) is 11.6. The largest absolute Gasteiger partial charge is 0.496 e. The van der Waals surface area contributed by atoms with E-state index in [2.05, 4.69) is 4.98 Å². The molecule has 6 heteroatoms. The van der Waals surface area contributed by atoms with Crippen molar-refractivity contribution in [2.24, 2.45) is 0 Å². The highest BCUT2D eigenvalue weighted by Crippen LogP contribution is 2.33. The van der Waals surface area contributed by atoms with Gasteiger partial charge in [0.25, 0.3) is 0 Å². The molecule has 2 atom stereocenters. The van der Waals surface area contributed by atoms with E-state index >= 15 is 0 Å². The molecule has 26 heavy (non-hydrogen) atoms. The number of rotatable bonds is 5. The fourth-order valence-electron chi connectivity index (χ4n) is 3.48. The first-order chi connectivity index (χ1) is 12.6. The van der Waals surface area contributed by atoms with Crippen molar-refractivity contribution < 1.29 is 14.6 Å². The Balaban J connectivity index is 1.78. The number of ether oxygens (including phenoxy) is 1. The maximum Gasteiger partial charge on any atom is 0.227 e. The normalized spacial score (nSPS) is 18.4. The van der Waals surface area contributed by atoms with Gasteiger partial charge in [0.2, 0.25) is 5.91 Å². The molecular formula is C20H23ClN2O3. The number of carbonyl (C=O) groups excluding carboxylic acids is 1. The van der Waals surface area contributed by atoms with Crippen LogP contribution in [-0.4, -0.2) is 40.6 Å². The molecular weight excluding hydrogens is 352 g/mol.